The van der Waals surface area contributed by atoms with Crippen LogP contribution in [0.1, 0.15) is 37.9 Å². The minimum Gasteiger partial charge on any atom is -0.428 e. The molecule has 2 atom stereocenters. The van der Waals surface area contributed by atoms with Crippen LogP contribution in [0.15, 0.2) is 46.6 Å². The molecule has 4 rings (SSSR count). The fourth-order valence-corrected chi connectivity index (χ4v) is 5.99. The standard InChI is InChI=1S/C25H27N7O7S2/c1-3-14(4-2)23(35)38-12-39-24(36)19-15(6-5-13-7-27-11-28-8-13)9-40-22-18(21(34)32(19)22)30-20(33)17(31-37)16-10-41-25(26)29-16/h5-8,10-11,14,18,22,37H,3-4,9,12H2,1-2H3,(H2,26,29)(H,30,33)/b6-5-,31-17-/t18-,22+/m1/s1. The van der Waals surface area contributed by atoms with E-state index in [0.717, 1.165) is 11.3 Å². The van der Waals surface area contributed by atoms with E-state index < -0.39 is 47.7 Å². The first-order valence-corrected chi connectivity index (χ1v) is 14.4. The molecule has 2 aliphatic heterocycles. The van der Waals surface area contributed by atoms with Crippen LogP contribution in [-0.4, -0.2) is 78.5 Å². The number of amides is 2. The molecule has 16 heteroatoms. The van der Waals surface area contributed by atoms with E-state index in [1.165, 1.54) is 28.4 Å². The number of fused-ring (bicyclic) bond motifs is 1. The van der Waals surface area contributed by atoms with E-state index in [2.05, 4.69) is 25.4 Å². The lowest BCUT2D eigenvalue weighted by Crippen LogP contribution is -2.71. The molecule has 0 aliphatic carbocycles. The summed E-state index contributed by atoms with van der Waals surface area (Å²) in [7, 11) is 0. The van der Waals surface area contributed by atoms with Crippen LogP contribution < -0.4 is 11.1 Å². The lowest BCUT2D eigenvalue weighted by Gasteiger charge is -2.49. The average Bonchev–Trinajstić information content (AvgIpc) is 3.41. The Morgan fingerprint density at radius 2 is 1.98 bits per heavy atom. The summed E-state index contributed by atoms with van der Waals surface area (Å²) in [5.74, 6) is -2.81. The van der Waals surface area contributed by atoms with E-state index in [9.17, 15) is 24.4 Å². The van der Waals surface area contributed by atoms with Crippen LogP contribution in [0.4, 0.5) is 5.13 Å². The third kappa shape index (κ3) is 6.54. The number of esters is 2. The molecule has 0 unspecified atom stereocenters. The van der Waals surface area contributed by atoms with Gasteiger partial charge in [0.05, 0.1) is 5.92 Å². The molecule has 1 fully saturated rings. The first-order chi connectivity index (χ1) is 19.8. The van der Waals surface area contributed by atoms with Crippen molar-refractivity contribution in [3.63, 3.8) is 0 Å². The number of carbonyl (C=O) groups excluding carboxylic acids is 4. The SMILES string of the molecule is CCC(CC)C(=O)OCOC(=O)C1=C(/C=C\c2cncnc2)CS[C@H]2[C@H](NC(=O)/C(=N\O)c3csc(N)n3)C(=O)N12. The number of β-lactam (4-membered cyclic amide) rings is 1. The quantitative estimate of drug-likeness (QED) is 0.0839. The van der Waals surface area contributed by atoms with Gasteiger partial charge in [-0.05, 0) is 18.4 Å². The van der Waals surface area contributed by atoms with Gasteiger partial charge in [-0.15, -0.1) is 23.1 Å². The van der Waals surface area contributed by atoms with Crippen molar-refractivity contribution in [3.05, 3.63) is 52.7 Å². The number of nitrogens with two attached hydrogens (primary N) is 1. The third-order valence-corrected chi connectivity index (χ3v) is 8.30. The van der Waals surface area contributed by atoms with E-state index in [-0.39, 0.29) is 28.2 Å². The minimum absolute atomic E-state index is 0.0424. The molecule has 2 aliphatic rings. The zero-order chi connectivity index (χ0) is 29.5. The second kappa shape index (κ2) is 13.4. The smallest absolute Gasteiger partial charge is 0.358 e. The number of nitrogens with zero attached hydrogens (tertiary/aromatic N) is 5. The first-order valence-electron chi connectivity index (χ1n) is 12.5. The number of nitrogens with one attached hydrogen (secondary N) is 1. The van der Waals surface area contributed by atoms with Crippen LogP contribution in [0.2, 0.25) is 0 Å². The third-order valence-electron chi connectivity index (χ3n) is 6.33. The maximum atomic E-state index is 13.3. The van der Waals surface area contributed by atoms with E-state index in [0.29, 0.717) is 24.0 Å². The first kappa shape index (κ1) is 29.7. The normalized spacial score (nSPS) is 18.8. The van der Waals surface area contributed by atoms with E-state index in [4.69, 9.17) is 15.2 Å². The summed E-state index contributed by atoms with van der Waals surface area (Å²) >= 11 is 2.36. The molecule has 0 spiro atoms. The molecule has 4 heterocycles. The summed E-state index contributed by atoms with van der Waals surface area (Å²) in [6.07, 6.45) is 9.04. The Labute approximate surface area is 242 Å². The Kier molecular flexibility index (Phi) is 9.67. The molecule has 0 bridgehead atoms. The number of hydrogen-bond acceptors (Lipinski definition) is 14. The van der Waals surface area contributed by atoms with Crippen LogP contribution in [-0.2, 0) is 28.7 Å². The number of thiazole rings is 1. The summed E-state index contributed by atoms with van der Waals surface area (Å²) in [6, 6.07) is -1.02. The van der Waals surface area contributed by atoms with E-state index in [1.807, 2.05) is 13.8 Å². The maximum absolute atomic E-state index is 13.3. The van der Waals surface area contributed by atoms with Gasteiger partial charge in [0.25, 0.3) is 11.8 Å². The van der Waals surface area contributed by atoms with E-state index >= 15 is 0 Å². The van der Waals surface area contributed by atoms with Gasteiger partial charge >= 0.3 is 11.9 Å². The molecule has 2 amide bonds. The highest BCUT2D eigenvalue weighted by atomic mass is 32.2. The van der Waals surface area contributed by atoms with Crippen LogP contribution in [0, 0.1) is 5.92 Å². The number of anilines is 1. The van der Waals surface area contributed by atoms with Gasteiger partial charge in [0.15, 0.2) is 10.8 Å². The molecule has 0 aromatic carbocycles. The highest BCUT2D eigenvalue weighted by Gasteiger charge is 2.54. The van der Waals surface area contributed by atoms with E-state index in [1.54, 1.807) is 24.5 Å². The number of ether oxygens (including phenoxy) is 2. The highest BCUT2D eigenvalue weighted by molar-refractivity contribution is 8.00. The zero-order valence-corrected chi connectivity index (χ0v) is 23.7. The molecule has 2 aromatic rings. The zero-order valence-electron chi connectivity index (χ0n) is 22.1. The highest BCUT2D eigenvalue weighted by Crippen LogP contribution is 2.41. The van der Waals surface area contributed by atoms with Crippen molar-refractivity contribution in [2.24, 2.45) is 11.1 Å². The van der Waals surface area contributed by atoms with Gasteiger partial charge in [0.2, 0.25) is 6.79 Å². The number of rotatable bonds is 11. The van der Waals surface area contributed by atoms with Crippen molar-refractivity contribution in [2.75, 3.05) is 18.3 Å². The molecule has 14 nitrogen and oxygen atoms in total. The van der Waals surface area contributed by atoms with Gasteiger partial charge in [-0.25, -0.2) is 19.7 Å². The summed E-state index contributed by atoms with van der Waals surface area (Å²) in [5, 5.41) is 15.9. The monoisotopic (exact) mass is 601 g/mol. The summed E-state index contributed by atoms with van der Waals surface area (Å²) < 4.78 is 10.4. The van der Waals surface area contributed by atoms with Crippen LogP contribution in [0.5, 0.6) is 0 Å². The van der Waals surface area contributed by atoms with Crippen LogP contribution >= 0.6 is 23.1 Å². The fourth-order valence-electron chi connectivity index (χ4n) is 4.12. The van der Waals surface area contributed by atoms with Gasteiger partial charge < -0.3 is 25.7 Å². The molecule has 1 saturated heterocycles. The van der Waals surface area contributed by atoms with Crippen molar-refractivity contribution in [2.45, 2.75) is 38.1 Å². The largest absolute Gasteiger partial charge is 0.428 e. The number of oxime groups is 1. The molecule has 0 saturated carbocycles. The van der Waals surface area contributed by atoms with Gasteiger partial charge in [-0.2, -0.15) is 0 Å². The number of allylic oxidation sites excluding steroid dienone is 1. The van der Waals surface area contributed by atoms with Crippen molar-refractivity contribution in [1.82, 2.24) is 25.2 Å². The molecular formula is C25H27N7O7S2. The summed E-state index contributed by atoms with van der Waals surface area (Å²) in [5.41, 5.74) is 6.34. The lowest BCUT2D eigenvalue weighted by molar-refractivity contribution is -0.170. The molecule has 4 N–H and O–H groups in total. The number of thioether (sulfide) groups is 1. The Balaban J connectivity index is 1.52. The lowest BCUT2D eigenvalue weighted by atomic mass is 10.0. The Morgan fingerprint density at radius 3 is 2.61 bits per heavy atom. The Morgan fingerprint density at radius 1 is 1.24 bits per heavy atom. The summed E-state index contributed by atoms with van der Waals surface area (Å²) in [4.78, 5) is 64.6. The molecule has 41 heavy (non-hydrogen) atoms. The molecule has 2 aromatic heterocycles. The summed E-state index contributed by atoms with van der Waals surface area (Å²) in [6.45, 7) is 3.10. The second-order valence-electron chi connectivity index (χ2n) is 8.79. The number of aromatic nitrogens is 3. The fraction of sp³-hybridized carbons (Fsp3) is 0.360. The number of carbonyl (C=O) groups is 4. The van der Waals surface area contributed by atoms with Gasteiger partial charge in [-0.3, -0.25) is 19.3 Å². The number of hydrogen-bond donors (Lipinski definition) is 3. The van der Waals surface area contributed by atoms with Crippen molar-refractivity contribution in [1.29, 1.82) is 0 Å². The van der Waals surface area contributed by atoms with Crippen molar-refractivity contribution >= 4 is 63.8 Å². The predicted octanol–water partition coefficient (Wildman–Crippen LogP) is 1.54. The molecular weight excluding hydrogens is 574 g/mol. The predicted molar refractivity (Wildman–Crippen MR) is 149 cm³/mol. The molecule has 216 valence electrons. The van der Waals surface area contributed by atoms with Crippen LogP contribution in [0.3, 0.4) is 0 Å². The van der Waals surface area contributed by atoms with Crippen molar-refractivity contribution < 1.29 is 33.9 Å². The Bertz CT molecular complexity index is 1410. The second-order valence-corrected chi connectivity index (χ2v) is 10.8. The van der Waals surface area contributed by atoms with Crippen molar-refractivity contribution in [3.8, 4) is 0 Å². The topological polar surface area (TPSA) is 199 Å². The van der Waals surface area contributed by atoms with Gasteiger partial charge in [0, 0.05) is 29.1 Å². The van der Waals surface area contributed by atoms with Gasteiger partial charge in [-0.1, -0.05) is 31.2 Å². The maximum Gasteiger partial charge on any atom is 0.358 e. The van der Waals surface area contributed by atoms with Crippen LogP contribution in [0.25, 0.3) is 6.08 Å². The minimum atomic E-state index is -1.02. The number of nitrogen functional groups attached to an aromatic ring is 1. The average molecular weight is 602 g/mol. The Hall–Kier alpha value is -4.31. The van der Waals surface area contributed by atoms with Gasteiger partial charge in [0.1, 0.15) is 29.1 Å². The molecule has 0 radical (unpaired) electrons.